The Kier molecular flexibility index (Phi) is 25.1. The summed E-state index contributed by atoms with van der Waals surface area (Å²) in [5, 5.41) is 122. The summed E-state index contributed by atoms with van der Waals surface area (Å²) in [6, 6.07) is -1.13. The Morgan fingerprint density at radius 1 is 0.735 bits per heavy atom. The Bertz CT molecular complexity index is 1730. The number of allylic oxidation sites excluding steroid dienone is 12. The molecule has 3 heterocycles. The molecule has 0 aromatic rings. The van der Waals surface area contributed by atoms with Gasteiger partial charge in [-0.1, -0.05) is 92.0 Å². The minimum atomic E-state index is -2.30. The highest BCUT2D eigenvalue weighted by Crippen LogP contribution is 2.38. The Hall–Kier alpha value is -3.48. The third-order valence-corrected chi connectivity index (χ3v) is 11.8. The van der Waals surface area contributed by atoms with Gasteiger partial charge in [0.1, 0.15) is 12.2 Å². The minimum Gasteiger partial charge on any atom is -0.462 e. The van der Waals surface area contributed by atoms with Crippen molar-refractivity contribution in [2.24, 2.45) is 17.6 Å². The van der Waals surface area contributed by atoms with Crippen molar-refractivity contribution >= 4 is 11.9 Å². The van der Waals surface area contributed by atoms with Crippen LogP contribution in [-0.2, 0) is 28.5 Å². The van der Waals surface area contributed by atoms with E-state index in [9.17, 15) is 65.8 Å². The number of hydrogen-bond donors (Lipinski definition) is 13. The number of rotatable bonds is 5. The second-order valence-corrected chi connectivity index (χ2v) is 18.9. The average Bonchev–Trinajstić information content (AvgIpc) is 3.23. The van der Waals surface area contributed by atoms with Crippen LogP contribution in [-0.4, -0.2) is 178 Å². The number of hydrogen-bond acceptors (Lipinski definition) is 18. The first-order valence-electron chi connectivity index (χ1n) is 23.4. The summed E-state index contributed by atoms with van der Waals surface area (Å²) in [6.07, 6.45) is 5.19. The molecule has 2 fully saturated rings. The number of carbonyl (C=O) groups excluding carboxylic acids is 2. The predicted octanol–water partition coefficient (Wildman–Crippen LogP) is -0.120. The second-order valence-electron chi connectivity index (χ2n) is 18.9. The van der Waals surface area contributed by atoms with Crippen molar-refractivity contribution < 1.29 is 84.7 Å². The Morgan fingerprint density at radius 2 is 1.32 bits per heavy atom. The molecule has 7 unspecified atom stereocenters. The zero-order valence-electron chi connectivity index (χ0n) is 39.5. The van der Waals surface area contributed by atoms with E-state index < -0.39 is 140 Å². The molecule has 0 aromatic heterocycles. The standard InChI is InChI=1S/C49H78N2O17/c1-30-17-15-13-11-9-7-5-6-8-10-12-14-16-18-35(67-47-45(61)44(50)40(59)28-65-47)25-41-43(46(62)51-29-48(3,4)63)39(58)27-49(64,68-41)26-34(54)23-38(57)36(55)20-19-32(52)22-33(53)24-42(60)66-31(2)21-37(30)56/h5-18,30-41,43-45,47,52-59,61,63-64H,19-29,50H2,1-4H3,(H,51,62)/b6-5+,9-7+,10-8+,13-11+,14-12+,17-15+,18-16+/t30-,31-,32?,33?,34?,35?,36?,37-,38?,39-,40+,41-,43+,44-,45-,47-,49?/m0/s1. The number of carbonyl (C=O) groups is 2. The molecular weight excluding hydrogens is 889 g/mol. The van der Waals surface area contributed by atoms with Gasteiger partial charge in [0.25, 0.3) is 0 Å². The van der Waals surface area contributed by atoms with E-state index in [1.807, 2.05) is 25.2 Å². The topological polar surface area (TPSA) is 332 Å². The van der Waals surface area contributed by atoms with Gasteiger partial charge in [-0.2, -0.15) is 0 Å². The van der Waals surface area contributed by atoms with E-state index in [0.717, 1.165) is 0 Å². The summed E-state index contributed by atoms with van der Waals surface area (Å²) in [7, 11) is 0. The molecule has 0 aliphatic carbocycles. The number of nitrogens with one attached hydrogen (secondary N) is 1. The molecule has 1 amide bonds. The Labute approximate surface area is 399 Å². The van der Waals surface area contributed by atoms with E-state index in [0.29, 0.717) is 0 Å². The van der Waals surface area contributed by atoms with Crippen LogP contribution in [0.25, 0.3) is 0 Å². The largest absolute Gasteiger partial charge is 0.462 e. The number of fused-ring (bicyclic) bond motifs is 2. The summed E-state index contributed by atoms with van der Waals surface area (Å²) in [6.45, 7) is 5.92. The van der Waals surface area contributed by atoms with Crippen molar-refractivity contribution in [2.45, 2.75) is 182 Å². The van der Waals surface area contributed by atoms with Gasteiger partial charge < -0.3 is 86.2 Å². The van der Waals surface area contributed by atoms with E-state index in [2.05, 4.69) is 5.32 Å². The van der Waals surface area contributed by atoms with Gasteiger partial charge in [0.15, 0.2) is 12.1 Å². The maximum Gasteiger partial charge on any atom is 0.308 e. The zero-order valence-corrected chi connectivity index (χ0v) is 39.5. The molecule has 3 aliphatic rings. The molecule has 19 nitrogen and oxygen atoms in total. The van der Waals surface area contributed by atoms with Gasteiger partial charge in [-0.25, -0.2) is 0 Å². The summed E-state index contributed by atoms with van der Waals surface area (Å²) in [4.78, 5) is 26.2. The number of cyclic esters (lactones) is 1. The predicted molar refractivity (Wildman–Crippen MR) is 250 cm³/mol. The monoisotopic (exact) mass is 967 g/mol. The molecule has 3 rings (SSSR count). The van der Waals surface area contributed by atoms with Crippen molar-refractivity contribution in [3.05, 3.63) is 85.1 Å². The lowest BCUT2D eigenvalue weighted by atomic mass is 9.82. The smallest absolute Gasteiger partial charge is 0.308 e. The molecule has 17 atom stereocenters. The highest BCUT2D eigenvalue weighted by Gasteiger charge is 2.50. The van der Waals surface area contributed by atoms with E-state index in [1.165, 1.54) is 13.8 Å². The van der Waals surface area contributed by atoms with E-state index in [4.69, 9.17) is 24.7 Å². The fourth-order valence-electron chi connectivity index (χ4n) is 7.93. The Balaban J connectivity index is 1.91. The molecule has 0 aromatic carbocycles. The minimum absolute atomic E-state index is 0.103. The fourth-order valence-corrected chi connectivity index (χ4v) is 7.93. The Morgan fingerprint density at radius 3 is 1.93 bits per heavy atom. The molecule has 3 aliphatic heterocycles. The molecule has 2 saturated heterocycles. The van der Waals surface area contributed by atoms with Crippen LogP contribution in [0.5, 0.6) is 0 Å². The molecule has 68 heavy (non-hydrogen) atoms. The number of aliphatic hydroxyl groups excluding tert-OH is 9. The van der Waals surface area contributed by atoms with Crippen LogP contribution in [0.15, 0.2) is 85.1 Å². The van der Waals surface area contributed by atoms with Crippen LogP contribution >= 0.6 is 0 Å². The maximum atomic E-state index is 13.7. The molecular formula is C49H78N2O17. The van der Waals surface area contributed by atoms with E-state index in [-0.39, 0.29) is 51.2 Å². The SMILES string of the molecule is C[C@H]1C[C@H](O)[C@@H](C)/C=C/C=C/C=C/C=C/C=C/C=C/C=C/C(O[C@@H]2OC[C@@H](O)[C@H](N)[C@@H]2O)C[C@@H]2OC(O)(CC(O)CC(O)C(O)CCC(O)CC(O)CC(=O)O1)C[C@H](O)[C@H]2C(=O)NCC(C)(C)O. The number of ether oxygens (including phenoxy) is 4. The number of nitrogens with two attached hydrogens (primary N) is 1. The molecule has 386 valence electrons. The number of amides is 1. The van der Waals surface area contributed by atoms with Crippen LogP contribution in [0.2, 0.25) is 0 Å². The summed E-state index contributed by atoms with van der Waals surface area (Å²) in [5.41, 5.74) is 4.66. The third kappa shape index (κ3) is 21.7. The van der Waals surface area contributed by atoms with Crippen LogP contribution in [0, 0.1) is 11.8 Å². The summed E-state index contributed by atoms with van der Waals surface area (Å²) < 4.78 is 23.2. The second kappa shape index (κ2) is 29.0. The van der Waals surface area contributed by atoms with Gasteiger partial charge in [-0.05, 0) is 40.0 Å². The summed E-state index contributed by atoms with van der Waals surface area (Å²) >= 11 is 0. The van der Waals surface area contributed by atoms with Gasteiger partial charge in [0, 0.05) is 44.6 Å². The van der Waals surface area contributed by atoms with Crippen LogP contribution in [0.3, 0.4) is 0 Å². The van der Waals surface area contributed by atoms with Gasteiger partial charge in [0.05, 0.1) is 91.6 Å². The third-order valence-electron chi connectivity index (χ3n) is 11.8. The number of esters is 1. The number of aliphatic hydroxyl groups is 11. The maximum absolute atomic E-state index is 13.7. The lowest BCUT2D eigenvalue weighted by Gasteiger charge is -2.45. The molecule has 19 heteroatoms. The lowest BCUT2D eigenvalue weighted by Crippen LogP contribution is -2.60. The van der Waals surface area contributed by atoms with E-state index >= 15 is 0 Å². The van der Waals surface area contributed by atoms with Crippen LogP contribution < -0.4 is 11.1 Å². The van der Waals surface area contributed by atoms with Crippen LogP contribution in [0.4, 0.5) is 0 Å². The van der Waals surface area contributed by atoms with Crippen LogP contribution in [0.1, 0.15) is 85.5 Å². The molecule has 2 bridgehead atoms. The highest BCUT2D eigenvalue weighted by molar-refractivity contribution is 5.80. The molecule has 0 saturated carbocycles. The average molecular weight is 967 g/mol. The van der Waals surface area contributed by atoms with Crippen molar-refractivity contribution in [1.29, 1.82) is 0 Å². The fraction of sp³-hybridized carbons (Fsp3) is 0.673. The zero-order chi connectivity index (χ0) is 50.6. The van der Waals surface area contributed by atoms with Crippen molar-refractivity contribution in [1.82, 2.24) is 5.32 Å². The van der Waals surface area contributed by atoms with Gasteiger partial charge >= 0.3 is 5.97 Å². The first kappa shape index (κ1) is 58.8. The van der Waals surface area contributed by atoms with Gasteiger partial charge in [-0.15, -0.1) is 0 Å². The molecule has 14 N–H and O–H groups in total. The quantitative estimate of drug-likeness (QED) is 0.160. The van der Waals surface area contributed by atoms with Crippen molar-refractivity contribution in [3.8, 4) is 0 Å². The van der Waals surface area contributed by atoms with Crippen molar-refractivity contribution in [3.63, 3.8) is 0 Å². The van der Waals surface area contributed by atoms with Crippen molar-refractivity contribution in [2.75, 3.05) is 13.2 Å². The first-order valence-corrected chi connectivity index (χ1v) is 23.4. The summed E-state index contributed by atoms with van der Waals surface area (Å²) in [5.74, 6) is -5.38. The molecule has 0 radical (unpaired) electrons. The normalized spacial score (nSPS) is 42.0. The van der Waals surface area contributed by atoms with Gasteiger partial charge in [0.2, 0.25) is 5.91 Å². The first-order chi connectivity index (χ1) is 32.0. The lowest BCUT2D eigenvalue weighted by molar-refractivity contribution is -0.304. The van der Waals surface area contributed by atoms with E-state index in [1.54, 1.807) is 73.8 Å². The molecule has 0 spiro atoms. The van der Waals surface area contributed by atoms with Gasteiger partial charge in [-0.3, -0.25) is 9.59 Å². The highest BCUT2D eigenvalue weighted by atomic mass is 16.7.